The molecular formula is C17H19ClN2O3S. The first-order valence-electron chi connectivity index (χ1n) is 7.43. The van der Waals surface area contributed by atoms with E-state index >= 15 is 0 Å². The summed E-state index contributed by atoms with van der Waals surface area (Å²) in [7, 11) is -3.91. The van der Waals surface area contributed by atoms with Gasteiger partial charge in [0.25, 0.3) is 0 Å². The van der Waals surface area contributed by atoms with E-state index in [4.69, 9.17) is 11.6 Å². The van der Waals surface area contributed by atoms with Gasteiger partial charge in [-0.1, -0.05) is 48.0 Å². The van der Waals surface area contributed by atoms with Crippen molar-refractivity contribution < 1.29 is 13.2 Å². The second kappa shape index (κ2) is 7.79. The maximum absolute atomic E-state index is 12.6. The van der Waals surface area contributed by atoms with Crippen LogP contribution in [0.25, 0.3) is 0 Å². The van der Waals surface area contributed by atoms with Gasteiger partial charge >= 0.3 is 0 Å². The Bertz CT molecular complexity index is 808. The first-order valence-corrected chi connectivity index (χ1v) is 9.29. The van der Waals surface area contributed by atoms with Crippen molar-refractivity contribution in [3.8, 4) is 0 Å². The Morgan fingerprint density at radius 1 is 1.04 bits per heavy atom. The molecule has 2 N–H and O–H groups in total. The molecule has 0 bridgehead atoms. The van der Waals surface area contributed by atoms with Crippen LogP contribution in [0.4, 0.5) is 0 Å². The Morgan fingerprint density at radius 3 is 2.29 bits per heavy atom. The second-order valence-corrected chi connectivity index (χ2v) is 7.74. The van der Waals surface area contributed by atoms with Crippen LogP contribution in [0.15, 0.2) is 59.5 Å². The molecule has 5 nitrogen and oxygen atoms in total. The SMILES string of the molecule is CC(C)NC(=O)[C@@H](NS(=O)(=O)c1cccc(Cl)c1)c1ccccc1. The summed E-state index contributed by atoms with van der Waals surface area (Å²) in [5.41, 5.74) is 0.557. The minimum atomic E-state index is -3.91. The topological polar surface area (TPSA) is 75.3 Å². The fraction of sp³-hybridized carbons (Fsp3) is 0.235. The predicted octanol–water partition coefficient (Wildman–Crippen LogP) is 2.88. The molecule has 0 spiro atoms. The zero-order valence-corrected chi connectivity index (χ0v) is 14.9. The zero-order chi connectivity index (χ0) is 17.7. The van der Waals surface area contributed by atoms with Crippen molar-refractivity contribution in [3.63, 3.8) is 0 Å². The summed E-state index contributed by atoms with van der Waals surface area (Å²) >= 11 is 5.86. The van der Waals surface area contributed by atoms with Crippen molar-refractivity contribution >= 4 is 27.5 Å². The number of carbonyl (C=O) groups is 1. The number of nitrogens with one attached hydrogen (secondary N) is 2. The summed E-state index contributed by atoms with van der Waals surface area (Å²) in [6, 6.07) is 13.4. The molecule has 0 radical (unpaired) electrons. The Balaban J connectivity index is 2.36. The Labute approximate surface area is 147 Å². The van der Waals surface area contributed by atoms with E-state index in [1.54, 1.807) is 42.5 Å². The van der Waals surface area contributed by atoms with Gasteiger partial charge < -0.3 is 5.32 Å². The highest BCUT2D eigenvalue weighted by atomic mass is 35.5. The van der Waals surface area contributed by atoms with E-state index in [9.17, 15) is 13.2 Å². The summed E-state index contributed by atoms with van der Waals surface area (Å²) in [5, 5.41) is 3.04. The fourth-order valence-corrected chi connectivity index (χ4v) is 3.63. The van der Waals surface area contributed by atoms with E-state index in [-0.39, 0.29) is 10.9 Å². The normalized spacial score (nSPS) is 12.8. The van der Waals surface area contributed by atoms with Crippen LogP contribution in [-0.4, -0.2) is 20.4 Å². The third kappa shape index (κ3) is 4.80. The van der Waals surface area contributed by atoms with Crippen LogP contribution in [-0.2, 0) is 14.8 Å². The zero-order valence-electron chi connectivity index (χ0n) is 13.4. The van der Waals surface area contributed by atoms with Gasteiger partial charge in [-0.2, -0.15) is 4.72 Å². The number of rotatable bonds is 6. The molecule has 0 aliphatic carbocycles. The lowest BCUT2D eigenvalue weighted by Crippen LogP contribution is -2.42. The van der Waals surface area contributed by atoms with Gasteiger partial charge in [-0.05, 0) is 37.6 Å². The Morgan fingerprint density at radius 2 is 1.71 bits per heavy atom. The third-order valence-corrected chi connectivity index (χ3v) is 4.86. The summed E-state index contributed by atoms with van der Waals surface area (Å²) in [4.78, 5) is 12.5. The van der Waals surface area contributed by atoms with Gasteiger partial charge in [-0.25, -0.2) is 8.42 Å². The number of sulfonamides is 1. The first-order chi connectivity index (χ1) is 11.3. The molecule has 1 atom stereocenters. The number of halogens is 1. The second-order valence-electron chi connectivity index (χ2n) is 5.59. The summed E-state index contributed by atoms with van der Waals surface area (Å²) in [5.74, 6) is -0.415. The van der Waals surface area contributed by atoms with Crippen molar-refractivity contribution in [2.45, 2.75) is 30.8 Å². The first kappa shape index (κ1) is 18.4. The van der Waals surface area contributed by atoms with E-state index in [1.165, 1.54) is 12.1 Å². The summed E-state index contributed by atoms with van der Waals surface area (Å²) in [6.07, 6.45) is 0. The van der Waals surface area contributed by atoms with Crippen molar-refractivity contribution in [1.82, 2.24) is 10.0 Å². The molecule has 0 aliphatic heterocycles. The summed E-state index contributed by atoms with van der Waals surface area (Å²) in [6.45, 7) is 3.62. The van der Waals surface area contributed by atoms with E-state index in [0.29, 0.717) is 10.6 Å². The molecule has 2 aromatic rings. The van der Waals surface area contributed by atoms with Crippen LogP contribution in [0.2, 0.25) is 5.02 Å². The van der Waals surface area contributed by atoms with Gasteiger partial charge in [0.15, 0.2) is 0 Å². The molecule has 7 heteroatoms. The largest absolute Gasteiger partial charge is 0.352 e. The van der Waals surface area contributed by atoms with Gasteiger partial charge in [0, 0.05) is 11.1 Å². The highest BCUT2D eigenvalue weighted by Gasteiger charge is 2.27. The molecule has 2 rings (SSSR count). The fourth-order valence-electron chi connectivity index (χ4n) is 2.14. The highest BCUT2D eigenvalue weighted by molar-refractivity contribution is 7.89. The van der Waals surface area contributed by atoms with E-state index in [2.05, 4.69) is 10.0 Å². The molecule has 1 amide bonds. The standard InChI is InChI=1S/C17H19ClN2O3S/c1-12(2)19-17(21)16(13-7-4-3-5-8-13)20-24(22,23)15-10-6-9-14(18)11-15/h3-12,16,20H,1-2H3,(H,19,21)/t16-/m0/s1. The van der Waals surface area contributed by atoms with Crippen LogP contribution < -0.4 is 10.0 Å². The molecule has 24 heavy (non-hydrogen) atoms. The number of hydrogen-bond acceptors (Lipinski definition) is 3. The van der Waals surface area contributed by atoms with Crippen molar-refractivity contribution in [1.29, 1.82) is 0 Å². The van der Waals surface area contributed by atoms with Crippen LogP contribution >= 0.6 is 11.6 Å². The monoisotopic (exact) mass is 366 g/mol. The third-order valence-electron chi connectivity index (χ3n) is 3.21. The van der Waals surface area contributed by atoms with Crippen molar-refractivity contribution in [3.05, 3.63) is 65.2 Å². The lowest BCUT2D eigenvalue weighted by Gasteiger charge is -2.20. The predicted molar refractivity (Wildman–Crippen MR) is 94.2 cm³/mol. The van der Waals surface area contributed by atoms with E-state index in [0.717, 1.165) is 0 Å². The van der Waals surface area contributed by atoms with Gasteiger partial charge in [-0.15, -0.1) is 0 Å². The quantitative estimate of drug-likeness (QED) is 0.825. The van der Waals surface area contributed by atoms with Crippen LogP contribution in [0.5, 0.6) is 0 Å². The van der Waals surface area contributed by atoms with Gasteiger partial charge in [0.05, 0.1) is 4.90 Å². The lowest BCUT2D eigenvalue weighted by molar-refractivity contribution is -0.123. The molecule has 0 unspecified atom stereocenters. The number of amides is 1. The van der Waals surface area contributed by atoms with Crippen molar-refractivity contribution in [2.24, 2.45) is 0 Å². The smallest absolute Gasteiger partial charge is 0.242 e. The van der Waals surface area contributed by atoms with E-state index in [1.807, 2.05) is 13.8 Å². The van der Waals surface area contributed by atoms with Crippen LogP contribution in [0.1, 0.15) is 25.5 Å². The molecule has 0 fully saturated rings. The molecule has 0 heterocycles. The Kier molecular flexibility index (Phi) is 5.99. The van der Waals surface area contributed by atoms with Gasteiger partial charge in [-0.3, -0.25) is 4.79 Å². The highest BCUT2D eigenvalue weighted by Crippen LogP contribution is 2.20. The maximum Gasteiger partial charge on any atom is 0.242 e. The average Bonchev–Trinajstić information content (AvgIpc) is 2.53. The Hall–Kier alpha value is -1.89. The van der Waals surface area contributed by atoms with Crippen molar-refractivity contribution in [2.75, 3.05) is 0 Å². The minimum absolute atomic E-state index is 0.00766. The number of hydrogen-bond donors (Lipinski definition) is 2. The van der Waals surface area contributed by atoms with E-state index < -0.39 is 22.0 Å². The average molecular weight is 367 g/mol. The minimum Gasteiger partial charge on any atom is -0.352 e. The molecular weight excluding hydrogens is 348 g/mol. The number of benzene rings is 2. The molecule has 0 aromatic heterocycles. The number of carbonyl (C=O) groups excluding carboxylic acids is 1. The van der Waals surface area contributed by atoms with Gasteiger partial charge in [0.1, 0.15) is 6.04 Å². The van der Waals surface area contributed by atoms with Gasteiger partial charge in [0.2, 0.25) is 15.9 Å². The molecule has 128 valence electrons. The van der Waals surface area contributed by atoms with Crippen LogP contribution in [0.3, 0.4) is 0 Å². The lowest BCUT2D eigenvalue weighted by atomic mass is 10.1. The molecule has 2 aromatic carbocycles. The maximum atomic E-state index is 12.6. The van der Waals surface area contributed by atoms with Crippen LogP contribution in [0, 0.1) is 0 Å². The molecule has 0 aliphatic rings. The summed E-state index contributed by atoms with van der Waals surface area (Å²) < 4.78 is 27.7. The molecule has 0 saturated carbocycles. The molecule has 0 saturated heterocycles.